The van der Waals surface area contributed by atoms with Gasteiger partial charge in [0.05, 0.1) is 6.42 Å². The van der Waals surface area contributed by atoms with Crippen LogP contribution in [0.25, 0.3) is 0 Å². The zero-order valence-electron chi connectivity index (χ0n) is 7.80. The summed E-state index contributed by atoms with van der Waals surface area (Å²) in [4.78, 5) is 0. The molecule has 0 saturated heterocycles. The van der Waals surface area contributed by atoms with E-state index in [2.05, 4.69) is 10.5 Å². The van der Waals surface area contributed by atoms with E-state index in [1.165, 1.54) is 0 Å². The molecule has 0 radical (unpaired) electrons. The Kier molecular flexibility index (Phi) is 5.29. The maximum Gasteiger partial charge on any atom is 0.390 e. The zero-order valence-corrected chi connectivity index (χ0v) is 7.80. The number of nitrogens with two attached hydrogens (primary N) is 1. The summed E-state index contributed by atoms with van der Waals surface area (Å²) < 4.78 is 35.1. The first-order valence-electron chi connectivity index (χ1n) is 4.11. The maximum absolute atomic E-state index is 11.7. The Bertz CT molecular complexity index is 193. The molecule has 0 aliphatic heterocycles. The van der Waals surface area contributed by atoms with Crippen LogP contribution in [0, 0.1) is 0 Å². The van der Waals surface area contributed by atoms with Gasteiger partial charge in [-0.2, -0.15) is 13.2 Å². The summed E-state index contributed by atoms with van der Waals surface area (Å²) in [6, 6.07) is -0.242. The molecule has 0 bridgehead atoms. The Balaban J connectivity index is 3.60. The number of alkyl halides is 3. The first-order chi connectivity index (χ1) is 6.35. The summed E-state index contributed by atoms with van der Waals surface area (Å²) in [5.41, 5.74) is 5.17. The summed E-state index contributed by atoms with van der Waals surface area (Å²) in [5, 5.41) is 13.5. The molecule has 0 rings (SSSR count). The van der Waals surface area contributed by atoms with Crippen LogP contribution in [0.1, 0.15) is 19.8 Å². The molecule has 0 aromatic heterocycles. The van der Waals surface area contributed by atoms with Crippen molar-refractivity contribution in [3.8, 4) is 0 Å². The molecule has 4 N–H and O–H groups in total. The van der Waals surface area contributed by atoms with Crippen LogP contribution in [0.15, 0.2) is 5.16 Å². The lowest BCUT2D eigenvalue weighted by Crippen LogP contribution is -2.33. The normalized spacial score (nSPS) is 15.6. The molecule has 0 aliphatic rings. The molecule has 0 aliphatic carbocycles. The van der Waals surface area contributed by atoms with Crippen molar-refractivity contribution in [2.45, 2.75) is 32.0 Å². The van der Waals surface area contributed by atoms with Gasteiger partial charge in [0, 0.05) is 19.0 Å². The third-order valence-corrected chi connectivity index (χ3v) is 1.55. The lowest BCUT2D eigenvalue weighted by Gasteiger charge is -2.13. The van der Waals surface area contributed by atoms with Gasteiger partial charge in [0.25, 0.3) is 0 Å². The van der Waals surface area contributed by atoms with E-state index >= 15 is 0 Å². The molecule has 0 aromatic rings. The summed E-state index contributed by atoms with van der Waals surface area (Å²) in [7, 11) is 0. The molecule has 0 amide bonds. The van der Waals surface area contributed by atoms with Crippen molar-refractivity contribution < 1.29 is 18.4 Å². The smallest absolute Gasteiger partial charge is 0.390 e. The lowest BCUT2D eigenvalue weighted by atomic mass is 10.2. The minimum Gasteiger partial charge on any atom is -0.409 e. The third-order valence-electron chi connectivity index (χ3n) is 1.55. The van der Waals surface area contributed by atoms with Gasteiger partial charge in [-0.25, -0.2) is 0 Å². The highest BCUT2D eigenvalue weighted by molar-refractivity contribution is 5.80. The Morgan fingerprint density at radius 3 is 2.57 bits per heavy atom. The van der Waals surface area contributed by atoms with Crippen molar-refractivity contribution in [3.05, 3.63) is 0 Å². The Morgan fingerprint density at radius 2 is 2.14 bits per heavy atom. The van der Waals surface area contributed by atoms with Gasteiger partial charge in [-0.1, -0.05) is 5.16 Å². The van der Waals surface area contributed by atoms with Gasteiger partial charge >= 0.3 is 6.18 Å². The van der Waals surface area contributed by atoms with Gasteiger partial charge in [0.2, 0.25) is 0 Å². The number of oxime groups is 1. The SMILES string of the molecule is CC(CC(N)=NO)NCCC(F)(F)F. The van der Waals surface area contributed by atoms with Gasteiger partial charge in [0.1, 0.15) is 5.84 Å². The first-order valence-corrected chi connectivity index (χ1v) is 4.11. The quantitative estimate of drug-likeness (QED) is 0.277. The molecule has 1 unspecified atom stereocenters. The second-order valence-corrected chi connectivity index (χ2v) is 3.02. The number of amidine groups is 1. The van der Waals surface area contributed by atoms with E-state index in [0.717, 1.165) is 0 Å². The average molecular weight is 213 g/mol. The van der Waals surface area contributed by atoms with E-state index in [-0.39, 0.29) is 24.8 Å². The minimum atomic E-state index is -4.15. The lowest BCUT2D eigenvalue weighted by molar-refractivity contribution is -0.133. The van der Waals surface area contributed by atoms with Crippen molar-refractivity contribution in [2.75, 3.05) is 6.54 Å². The molecule has 7 heteroatoms. The van der Waals surface area contributed by atoms with Crippen molar-refractivity contribution in [1.82, 2.24) is 5.32 Å². The van der Waals surface area contributed by atoms with Crippen molar-refractivity contribution >= 4 is 5.84 Å². The predicted octanol–water partition coefficient (Wildman–Crippen LogP) is 1.05. The Labute approximate surface area is 80.0 Å². The second kappa shape index (κ2) is 5.69. The van der Waals surface area contributed by atoms with Gasteiger partial charge in [-0.15, -0.1) is 0 Å². The summed E-state index contributed by atoms with van der Waals surface area (Å²) in [6.07, 6.45) is -4.81. The second-order valence-electron chi connectivity index (χ2n) is 3.02. The van der Waals surface area contributed by atoms with Crippen molar-refractivity contribution in [2.24, 2.45) is 10.9 Å². The first kappa shape index (κ1) is 13.0. The van der Waals surface area contributed by atoms with E-state index in [0.29, 0.717) is 0 Å². The molecule has 0 aromatic carbocycles. The van der Waals surface area contributed by atoms with Crippen LogP contribution in [0.4, 0.5) is 13.2 Å². The average Bonchev–Trinajstić information content (AvgIpc) is 2.01. The highest BCUT2D eigenvalue weighted by Crippen LogP contribution is 2.18. The van der Waals surface area contributed by atoms with Crippen LogP contribution in [-0.4, -0.2) is 29.8 Å². The monoisotopic (exact) mass is 213 g/mol. The topological polar surface area (TPSA) is 70.6 Å². The summed E-state index contributed by atoms with van der Waals surface area (Å²) >= 11 is 0. The van der Waals surface area contributed by atoms with Crippen LogP contribution in [0.3, 0.4) is 0 Å². The fourth-order valence-electron chi connectivity index (χ4n) is 0.887. The fourth-order valence-corrected chi connectivity index (χ4v) is 0.887. The van der Waals surface area contributed by atoms with Gasteiger partial charge in [-0.3, -0.25) is 0 Å². The standard InChI is InChI=1S/C7H14F3N3O/c1-5(4-6(11)13-14)12-3-2-7(8,9)10/h5,12,14H,2-4H2,1H3,(H2,11,13). The Hall–Kier alpha value is -0.980. The number of hydrogen-bond acceptors (Lipinski definition) is 3. The molecule has 0 heterocycles. The van der Waals surface area contributed by atoms with E-state index < -0.39 is 12.6 Å². The number of nitrogens with zero attached hydrogens (tertiary/aromatic N) is 1. The molecular weight excluding hydrogens is 199 g/mol. The van der Waals surface area contributed by atoms with Crippen LogP contribution >= 0.6 is 0 Å². The molecule has 0 spiro atoms. The van der Waals surface area contributed by atoms with Crippen LogP contribution in [0.5, 0.6) is 0 Å². The van der Waals surface area contributed by atoms with Gasteiger partial charge in [-0.05, 0) is 6.92 Å². The van der Waals surface area contributed by atoms with Gasteiger partial charge < -0.3 is 16.3 Å². The zero-order chi connectivity index (χ0) is 11.2. The van der Waals surface area contributed by atoms with Crippen molar-refractivity contribution in [3.63, 3.8) is 0 Å². The third kappa shape index (κ3) is 7.66. The van der Waals surface area contributed by atoms with E-state index in [1.807, 2.05) is 0 Å². The number of halogens is 3. The van der Waals surface area contributed by atoms with Crippen LogP contribution < -0.4 is 11.1 Å². The highest BCUT2D eigenvalue weighted by Gasteiger charge is 2.26. The number of hydrogen-bond donors (Lipinski definition) is 3. The predicted molar refractivity (Wildman–Crippen MR) is 46.2 cm³/mol. The molecule has 0 saturated carbocycles. The highest BCUT2D eigenvalue weighted by atomic mass is 19.4. The molecule has 0 fully saturated rings. The minimum absolute atomic E-state index is 0.00277. The van der Waals surface area contributed by atoms with E-state index in [1.54, 1.807) is 6.92 Å². The molecule has 1 atom stereocenters. The largest absolute Gasteiger partial charge is 0.409 e. The molecule has 4 nitrogen and oxygen atoms in total. The summed E-state index contributed by atoms with van der Waals surface area (Å²) in [6.45, 7) is 1.50. The fraction of sp³-hybridized carbons (Fsp3) is 0.857. The number of rotatable bonds is 5. The van der Waals surface area contributed by atoms with Crippen molar-refractivity contribution in [1.29, 1.82) is 0 Å². The summed E-state index contributed by atoms with van der Waals surface area (Å²) in [5.74, 6) is -0.00277. The number of nitrogens with one attached hydrogen (secondary N) is 1. The molecular formula is C7H14F3N3O. The van der Waals surface area contributed by atoms with Gasteiger partial charge in [0.15, 0.2) is 0 Å². The molecule has 84 valence electrons. The van der Waals surface area contributed by atoms with Crippen LogP contribution in [-0.2, 0) is 0 Å². The maximum atomic E-state index is 11.7. The van der Waals surface area contributed by atoms with E-state index in [4.69, 9.17) is 10.9 Å². The Morgan fingerprint density at radius 1 is 1.57 bits per heavy atom. The van der Waals surface area contributed by atoms with Crippen LogP contribution in [0.2, 0.25) is 0 Å². The molecule has 14 heavy (non-hydrogen) atoms. The van der Waals surface area contributed by atoms with E-state index in [9.17, 15) is 13.2 Å².